The summed E-state index contributed by atoms with van der Waals surface area (Å²) in [5, 5.41) is 0. The van der Waals surface area contributed by atoms with E-state index in [9.17, 15) is 0 Å². The molecule has 0 aliphatic carbocycles. The molecule has 0 radical (unpaired) electrons. The third kappa shape index (κ3) is 12.2. The molecule has 0 aliphatic rings. The second-order valence-electron chi connectivity index (χ2n) is 5.72. The van der Waals surface area contributed by atoms with E-state index in [2.05, 4.69) is 39.3 Å². The Hall–Kier alpha value is 2.20. The van der Waals surface area contributed by atoms with Gasteiger partial charge in [0.05, 0.1) is 0 Å². The molecule has 0 heterocycles. The van der Waals surface area contributed by atoms with Crippen LogP contribution < -0.4 is 0 Å². The summed E-state index contributed by atoms with van der Waals surface area (Å²) in [6.45, 7) is 15.3. The van der Waals surface area contributed by atoms with Crippen molar-refractivity contribution in [3.8, 4) is 0 Å². The van der Waals surface area contributed by atoms with Crippen LogP contribution in [0.5, 0.6) is 0 Å². The molecule has 0 rings (SSSR count). The van der Waals surface area contributed by atoms with Crippen molar-refractivity contribution in [3.05, 3.63) is 0 Å². The van der Waals surface area contributed by atoms with E-state index < -0.39 is 16.1 Å². The summed E-state index contributed by atoms with van der Waals surface area (Å²) in [5.74, 6) is 0. The van der Waals surface area contributed by atoms with Gasteiger partial charge in [-0.15, -0.1) is 0 Å². The predicted molar refractivity (Wildman–Crippen MR) is 67.8 cm³/mol. The molecule has 0 fully saturated rings. The van der Waals surface area contributed by atoms with Crippen LogP contribution in [0.2, 0.25) is 46.8 Å². The van der Waals surface area contributed by atoms with Gasteiger partial charge >= 0.3 is 98.5 Å². The molecule has 0 aromatic heterocycles. The van der Waals surface area contributed by atoms with E-state index in [1.807, 2.05) is 0 Å². The zero-order valence-corrected chi connectivity index (χ0v) is 18.3. The Balaban J connectivity index is 3.66. The molecule has 0 aromatic carbocycles. The molecule has 0 bridgehead atoms. The third-order valence-corrected chi connectivity index (χ3v) is 65.3. The summed E-state index contributed by atoms with van der Waals surface area (Å²) in [5.41, 5.74) is 0. The topological polar surface area (TPSA) is 0 Å². The first-order valence-corrected chi connectivity index (χ1v) is 32.1. The van der Waals surface area contributed by atoms with Gasteiger partial charge in [0, 0.05) is 0 Å². The van der Waals surface area contributed by atoms with Gasteiger partial charge in [-0.1, -0.05) is 0 Å². The molecular formula is C8H22Bi2Si2. The Morgan fingerprint density at radius 1 is 0.667 bits per heavy atom. The molecule has 12 heavy (non-hydrogen) atoms. The van der Waals surface area contributed by atoms with Gasteiger partial charge in [0.2, 0.25) is 0 Å². The Morgan fingerprint density at radius 3 is 1.08 bits per heavy atom. The zero-order chi connectivity index (χ0) is 9.83. The van der Waals surface area contributed by atoms with E-state index in [0.29, 0.717) is 0 Å². The van der Waals surface area contributed by atoms with Gasteiger partial charge < -0.3 is 0 Å². The molecule has 72 valence electrons. The molecule has 4 heteroatoms. The molecule has 0 aromatic rings. The van der Waals surface area contributed by atoms with Crippen molar-refractivity contribution in [2.45, 2.75) is 46.8 Å². The molecule has 0 N–H and O–H groups in total. The Bertz CT molecular complexity index is 135. The van der Waals surface area contributed by atoms with Crippen LogP contribution >= 0.6 is 0 Å². The second kappa shape index (κ2) is 5.93. The maximum absolute atomic E-state index is 2.55. The quantitative estimate of drug-likeness (QED) is 0.441. The molecule has 0 unspecified atom stereocenters. The van der Waals surface area contributed by atoms with E-state index in [1.165, 1.54) is 0 Å². The third-order valence-electron chi connectivity index (χ3n) is 1.19. The SMILES string of the molecule is C[Si](C)(C)[CH2][Bi]=[Bi][CH2][Si](C)(C)C. The fourth-order valence-corrected chi connectivity index (χ4v) is 121. The summed E-state index contributed by atoms with van der Waals surface area (Å²) in [4.78, 5) is 0. The van der Waals surface area contributed by atoms with Gasteiger partial charge in [-0.25, -0.2) is 0 Å². The molecule has 0 aliphatic heterocycles. The Labute approximate surface area is 97.1 Å². The van der Waals surface area contributed by atoms with Crippen molar-refractivity contribution in [3.63, 3.8) is 0 Å². The van der Waals surface area contributed by atoms with Gasteiger partial charge in [0.25, 0.3) is 0 Å². The van der Waals surface area contributed by atoms with Crippen LogP contribution in [0.3, 0.4) is 0 Å². The summed E-state index contributed by atoms with van der Waals surface area (Å²) >= 11 is 0.311. The standard InChI is InChI=1S/2C4H11Si.2Bi/c2*1-5(2,3)4;;/h2*1H2,2-4H3;;. The average molecular weight is 592 g/mol. The average Bonchev–Trinajstić information content (AvgIpc) is 1.76. The first kappa shape index (κ1) is 14.2. The van der Waals surface area contributed by atoms with Crippen LogP contribution in [0.4, 0.5) is 0 Å². The minimum atomic E-state index is -0.613. The summed E-state index contributed by atoms with van der Waals surface area (Å²) in [6.07, 6.45) is 0. The fraction of sp³-hybridized carbons (Fsp3) is 1.00. The monoisotopic (exact) mass is 592 g/mol. The molecule has 0 saturated heterocycles. The molecule has 0 nitrogen and oxygen atoms in total. The van der Waals surface area contributed by atoms with Gasteiger partial charge in [-0.05, 0) is 0 Å². The second-order valence-corrected chi connectivity index (χ2v) is 45.5. The van der Waals surface area contributed by atoms with Crippen molar-refractivity contribution in [2.24, 2.45) is 0 Å². The van der Waals surface area contributed by atoms with Crippen LogP contribution in [-0.2, 0) is 0 Å². The number of rotatable bonds is 4. The molecular weight excluding hydrogens is 570 g/mol. The summed E-state index contributed by atoms with van der Waals surface area (Å²) in [7, 11) is -1.23. The van der Waals surface area contributed by atoms with Crippen molar-refractivity contribution in [1.82, 2.24) is 0 Å². The number of hydrogen-bond acceptors (Lipinski definition) is 0. The zero-order valence-electron chi connectivity index (χ0n) is 9.31. The van der Waals surface area contributed by atoms with E-state index in [4.69, 9.17) is 0 Å². The van der Waals surface area contributed by atoms with Crippen molar-refractivity contribution in [1.29, 1.82) is 0 Å². The molecule has 0 spiro atoms. The molecule has 0 amide bonds. The molecule has 0 atom stereocenters. The Kier molecular flexibility index (Phi) is 7.02. The van der Waals surface area contributed by atoms with E-state index in [-0.39, 0.29) is 35.6 Å². The van der Waals surface area contributed by atoms with E-state index in [0.717, 1.165) is 0 Å². The van der Waals surface area contributed by atoms with Gasteiger partial charge in [0.15, 0.2) is 0 Å². The van der Waals surface area contributed by atoms with Crippen molar-refractivity contribution in [2.75, 3.05) is 0 Å². The van der Waals surface area contributed by atoms with Crippen LogP contribution in [0.15, 0.2) is 0 Å². The van der Waals surface area contributed by atoms with E-state index in [1.54, 1.807) is 7.50 Å². The van der Waals surface area contributed by atoms with Crippen LogP contribution in [-0.4, -0.2) is 51.7 Å². The van der Waals surface area contributed by atoms with Crippen LogP contribution in [0, 0.1) is 0 Å². The van der Waals surface area contributed by atoms with Gasteiger partial charge in [-0.2, -0.15) is 0 Å². The maximum atomic E-state index is 2.55. The van der Waals surface area contributed by atoms with Crippen LogP contribution in [0.1, 0.15) is 0 Å². The van der Waals surface area contributed by atoms with E-state index >= 15 is 0 Å². The predicted octanol–water partition coefficient (Wildman–Crippen LogP) is 2.90. The number of hydrogen-bond donors (Lipinski definition) is 0. The first-order chi connectivity index (χ1) is 5.21. The minimum absolute atomic E-state index is 0.156. The first-order valence-electron chi connectivity index (χ1n) is 4.54. The summed E-state index contributed by atoms with van der Waals surface area (Å²) < 4.78 is 3.57. The molecule has 0 saturated carbocycles. The Morgan fingerprint density at radius 2 is 0.917 bits per heavy atom. The van der Waals surface area contributed by atoms with Crippen molar-refractivity contribution >= 4 is 51.7 Å². The van der Waals surface area contributed by atoms with Crippen molar-refractivity contribution < 1.29 is 0 Å². The van der Waals surface area contributed by atoms with Crippen LogP contribution in [0.25, 0.3) is 0 Å². The summed E-state index contributed by atoms with van der Waals surface area (Å²) in [6, 6.07) is 0. The van der Waals surface area contributed by atoms with Gasteiger partial charge in [-0.3, -0.25) is 0 Å². The van der Waals surface area contributed by atoms with Gasteiger partial charge in [0.1, 0.15) is 0 Å². The normalized spacial score (nSPS) is 14.2. The fourth-order valence-electron chi connectivity index (χ4n) is 0.524.